The monoisotopic (exact) mass is 325 g/mol. The summed E-state index contributed by atoms with van der Waals surface area (Å²) >= 11 is 0. The third kappa shape index (κ3) is 3.81. The summed E-state index contributed by atoms with van der Waals surface area (Å²) in [5, 5.41) is 8.86. The first-order valence-electron chi connectivity index (χ1n) is 7.91. The maximum absolute atomic E-state index is 12.6. The molecule has 2 aromatic carbocycles. The van der Waals surface area contributed by atoms with Gasteiger partial charge in [0.25, 0.3) is 5.91 Å². The van der Waals surface area contributed by atoms with E-state index in [4.69, 9.17) is 9.84 Å². The number of hydrogen-bond acceptors (Lipinski definition) is 3. The molecule has 24 heavy (non-hydrogen) atoms. The maximum atomic E-state index is 12.6. The van der Waals surface area contributed by atoms with Crippen LogP contribution in [0.3, 0.4) is 0 Å². The van der Waals surface area contributed by atoms with E-state index >= 15 is 0 Å². The molecule has 2 aromatic rings. The summed E-state index contributed by atoms with van der Waals surface area (Å²) < 4.78 is 5.41. The Morgan fingerprint density at radius 2 is 1.71 bits per heavy atom. The van der Waals surface area contributed by atoms with Gasteiger partial charge in [-0.15, -0.1) is 0 Å². The van der Waals surface area contributed by atoms with Crippen LogP contribution in [0.25, 0.3) is 11.1 Å². The Balaban J connectivity index is 1.70. The molecule has 0 bridgehead atoms. The number of morpholine rings is 1. The average Bonchev–Trinajstić information content (AvgIpc) is 2.62. The summed E-state index contributed by atoms with van der Waals surface area (Å²) in [5.41, 5.74) is 2.76. The van der Waals surface area contributed by atoms with Crippen molar-refractivity contribution in [2.24, 2.45) is 0 Å². The van der Waals surface area contributed by atoms with Crippen molar-refractivity contribution in [2.45, 2.75) is 12.5 Å². The molecule has 1 aliphatic heterocycles. The average molecular weight is 325 g/mol. The summed E-state index contributed by atoms with van der Waals surface area (Å²) in [4.78, 5) is 25.1. The fourth-order valence-corrected chi connectivity index (χ4v) is 2.84. The minimum absolute atomic E-state index is 0.0866. The number of carbonyl (C=O) groups is 2. The van der Waals surface area contributed by atoms with Crippen LogP contribution in [0.2, 0.25) is 0 Å². The predicted octanol–water partition coefficient (Wildman–Crippen LogP) is 2.67. The lowest BCUT2D eigenvalue weighted by atomic mass is 10.0. The SMILES string of the molecule is O=C(O)C[C@H]1CN(C(=O)c2ccc(-c3ccccc3)cc2)CCO1. The topological polar surface area (TPSA) is 66.8 Å². The van der Waals surface area contributed by atoms with Gasteiger partial charge in [-0.05, 0) is 23.3 Å². The van der Waals surface area contributed by atoms with Gasteiger partial charge in [0.05, 0.1) is 19.1 Å². The summed E-state index contributed by atoms with van der Waals surface area (Å²) in [6.45, 7) is 1.16. The fraction of sp³-hybridized carbons (Fsp3) is 0.263. The van der Waals surface area contributed by atoms with Crippen LogP contribution >= 0.6 is 0 Å². The number of nitrogens with zero attached hydrogens (tertiary/aromatic N) is 1. The number of ether oxygens (including phenoxy) is 1. The number of aliphatic carboxylic acids is 1. The van der Waals surface area contributed by atoms with Gasteiger partial charge in [-0.3, -0.25) is 9.59 Å². The number of rotatable bonds is 4. The van der Waals surface area contributed by atoms with Crippen LogP contribution in [-0.4, -0.2) is 47.7 Å². The van der Waals surface area contributed by atoms with Gasteiger partial charge in [0.2, 0.25) is 0 Å². The van der Waals surface area contributed by atoms with E-state index in [0.29, 0.717) is 25.3 Å². The van der Waals surface area contributed by atoms with Crippen molar-refractivity contribution >= 4 is 11.9 Å². The van der Waals surface area contributed by atoms with Gasteiger partial charge < -0.3 is 14.7 Å². The molecule has 0 spiro atoms. The van der Waals surface area contributed by atoms with Crippen LogP contribution in [0.1, 0.15) is 16.8 Å². The van der Waals surface area contributed by atoms with Gasteiger partial charge in [0, 0.05) is 18.7 Å². The van der Waals surface area contributed by atoms with E-state index < -0.39 is 12.1 Å². The van der Waals surface area contributed by atoms with Crippen molar-refractivity contribution in [1.29, 1.82) is 0 Å². The second-order valence-corrected chi connectivity index (χ2v) is 5.79. The number of carbonyl (C=O) groups excluding carboxylic acids is 1. The number of amides is 1. The summed E-state index contributed by atoms with van der Waals surface area (Å²) in [6, 6.07) is 17.4. The summed E-state index contributed by atoms with van der Waals surface area (Å²) in [6.07, 6.45) is -0.528. The number of benzene rings is 2. The quantitative estimate of drug-likeness (QED) is 0.938. The molecular formula is C19H19NO4. The van der Waals surface area contributed by atoms with Crippen LogP contribution in [0.5, 0.6) is 0 Å². The maximum Gasteiger partial charge on any atom is 0.306 e. The standard InChI is InChI=1S/C19H19NO4/c21-18(22)12-17-13-20(10-11-24-17)19(23)16-8-6-15(7-9-16)14-4-2-1-3-5-14/h1-9,17H,10-13H2,(H,21,22)/t17-/m0/s1. The Morgan fingerprint density at radius 3 is 2.38 bits per heavy atom. The van der Waals surface area contributed by atoms with Crippen molar-refractivity contribution in [3.05, 3.63) is 60.2 Å². The first-order chi connectivity index (χ1) is 11.6. The second kappa shape index (κ2) is 7.27. The molecule has 0 radical (unpaired) electrons. The van der Waals surface area contributed by atoms with Crippen LogP contribution in [0, 0.1) is 0 Å². The van der Waals surface area contributed by atoms with Gasteiger partial charge in [-0.2, -0.15) is 0 Å². The molecule has 1 aliphatic rings. The molecule has 124 valence electrons. The van der Waals surface area contributed by atoms with Crippen LogP contribution in [0.15, 0.2) is 54.6 Å². The highest BCUT2D eigenvalue weighted by Crippen LogP contribution is 2.20. The van der Waals surface area contributed by atoms with E-state index in [2.05, 4.69) is 0 Å². The van der Waals surface area contributed by atoms with Crippen LogP contribution in [-0.2, 0) is 9.53 Å². The van der Waals surface area contributed by atoms with Gasteiger partial charge in [-0.25, -0.2) is 0 Å². The van der Waals surface area contributed by atoms with E-state index in [9.17, 15) is 9.59 Å². The third-order valence-corrected chi connectivity index (χ3v) is 4.07. The summed E-state index contributed by atoms with van der Waals surface area (Å²) in [5.74, 6) is -1.00. The molecule has 3 rings (SSSR count). The molecule has 5 heteroatoms. The predicted molar refractivity (Wildman–Crippen MR) is 89.8 cm³/mol. The zero-order valence-electron chi connectivity index (χ0n) is 13.2. The first kappa shape index (κ1) is 16.2. The molecule has 0 saturated carbocycles. The lowest BCUT2D eigenvalue weighted by molar-refractivity contribution is -0.141. The zero-order chi connectivity index (χ0) is 16.9. The zero-order valence-corrected chi connectivity index (χ0v) is 13.2. The van der Waals surface area contributed by atoms with E-state index in [1.165, 1.54) is 0 Å². The second-order valence-electron chi connectivity index (χ2n) is 5.79. The lowest BCUT2D eigenvalue weighted by Crippen LogP contribution is -2.46. The Labute approximate surface area is 140 Å². The lowest BCUT2D eigenvalue weighted by Gasteiger charge is -2.32. The van der Waals surface area contributed by atoms with E-state index in [0.717, 1.165) is 11.1 Å². The van der Waals surface area contributed by atoms with Crippen molar-refractivity contribution < 1.29 is 19.4 Å². The largest absolute Gasteiger partial charge is 0.481 e. The van der Waals surface area contributed by atoms with E-state index in [1.807, 2.05) is 54.6 Å². The normalized spacial score (nSPS) is 17.5. The molecule has 1 saturated heterocycles. The fourth-order valence-electron chi connectivity index (χ4n) is 2.84. The molecule has 1 fully saturated rings. The van der Waals surface area contributed by atoms with Crippen LogP contribution in [0.4, 0.5) is 0 Å². The first-order valence-corrected chi connectivity index (χ1v) is 7.91. The minimum Gasteiger partial charge on any atom is -0.481 e. The van der Waals surface area contributed by atoms with Gasteiger partial charge in [0.1, 0.15) is 0 Å². The van der Waals surface area contributed by atoms with Crippen molar-refractivity contribution in [3.8, 4) is 11.1 Å². The van der Waals surface area contributed by atoms with E-state index in [-0.39, 0.29) is 12.3 Å². The van der Waals surface area contributed by atoms with E-state index in [1.54, 1.807) is 4.90 Å². The Bertz CT molecular complexity index is 712. The molecule has 0 aliphatic carbocycles. The molecule has 0 aromatic heterocycles. The van der Waals surface area contributed by atoms with Gasteiger partial charge >= 0.3 is 5.97 Å². The highest BCUT2D eigenvalue weighted by Gasteiger charge is 2.26. The molecular weight excluding hydrogens is 306 g/mol. The van der Waals surface area contributed by atoms with Crippen LogP contribution < -0.4 is 0 Å². The molecule has 0 unspecified atom stereocenters. The van der Waals surface area contributed by atoms with Crippen molar-refractivity contribution in [3.63, 3.8) is 0 Å². The molecule has 5 nitrogen and oxygen atoms in total. The van der Waals surface area contributed by atoms with Gasteiger partial charge in [0.15, 0.2) is 0 Å². The third-order valence-electron chi connectivity index (χ3n) is 4.07. The molecule has 1 N–H and O–H groups in total. The Hall–Kier alpha value is -2.66. The molecule has 1 heterocycles. The summed E-state index contributed by atoms with van der Waals surface area (Å²) in [7, 11) is 0. The van der Waals surface area contributed by atoms with Crippen molar-refractivity contribution in [2.75, 3.05) is 19.7 Å². The molecule has 1 atom stereocenters. The number of hydrogen-bond donors (Lipinski definition) is 1. The number of carboxylic acids is 1. The molecule has 1 amide bonds. The van der Waals surface area contributed by atoms with Crippen molar-refractivity contribution in [1.82, 2.24) is 4.90 Å². The number of carboxylic acid groups (broad SMARTS) is 1. The highest BCUT2D eigenvalue weighted by atomic mass is 16.5. The Kier molecular flexibility index (Phi) is 4.91. The highest BCUT2D eigenvalue weighted by molar-refractivity contribution is 5.94. The smallest absolute Gasteiger partial charge is 0.306 e. The van der Waals surface area contributed by atoms with Gasteiger partial charge in [-0.1, -0.05) is 42.5 Å². The Morgan fingerprint density at radius 1 is 1.04 bits per heavy atom. The minimum atomic E-state index is -0.915.